The van der Waals surface area contributed by atoms with Crippen LogP contribution in [0.4, 0.5) is 5.69 Å². The summed E-state index contributed by atoms with van der Waals surface area (Å²) in [7, 11) is 0. The molecule has 1 fully saturated rings. The van der Waals surface area contributed by atoms with Gasteiger partial charge in [0.2, 0.25) is 0 Å². The number of pyridine rings is 1. The number of amides is 1. The van der Waals surface area contributed by atoms with Crippen molar-refractivity contribution in [2.75, 3.05) is 18.0 Å². The fraction of sp³-hybridized carbons (Fsp3) is 0.333. The van der Waals surface area contributed by atoms with Crippen LogP contribution in [0.3, 0.4) is 0 Å². The molecule has 5 heteroatoms. The molecule has 0 saturated carbocycles. The molecule has 0 unspecified atom stereocenters. The third-order valence-corrected chi connectivity index (χ3v) is 3.46. The van der Waals surface area contributed by atoms with Crippen LogP contribution < -0.4 is 10.2 Å². The maximum Gasteiger partial charge on any atom is 0.253 e. The predicted octanol–water partition coefficient (Wildman–Crippen LogP) is 2.20. The molecule has 3 heterocycles. The summed E-state index contributed by atoms with van der Waals surface area (Å²) in [4.78, 5) is 18.5. The molecule has 3 rings (SSSR count). The van der Waals surface area contributed by atoms with Crippen molar-refractivity contribution < 1.29 is 9.21 Å². The van der Waals surface area contributed by atoms with Gasteiger partial charge in [-0.05, 0) is 31.0 Å². The summed E-state index contributed by atoms with van der Waals surface area (Å²) in [5.74, 6) is 0.608. The van der Waals surface area contributed by atoms with E-state index in [1.807, 2.05) is 18.3 Å². The van der Waals surface area contributed by atoms with Gasteiger partial charge in [-0.3, -0.25) is 9.78 Å². The van der Waals surface area contributed by atoms with E-state index in [-0.39, 0.29) is 5.91 Å². The number of carbonyl (C=O) groups is 1. The minimum atomic E-state index is -0.130. The van der Waals surface area contributed by atoms with Gasteiger partial charge in [0.1, 0.15) is 5.76 Å². The lowest BCUT2D eigenvalue weighted by Gasteiger charge is -2.17. The molecule has 0 bridgehead atoms. The van der Waals surface area contributed by atoms with Crippen molar-refractivity contribution in [1.29, 1.82) is 0 Å². The molecule has 1 saturated heterocycles. The molecule has 104 valence electrons. The molecule has 1 aliphatic heterocycles. The standard InChI is InChI=1S/C15H17N3O2/c19-15(17-11-14-4-3-7-20-14)12-8-13(10-16-9-12)18-5-1-2-6-18/h3-4,7-10H,1-2,5-6,11H2,(H,17,19). The first-order chi connectivity index (χ1) is 9.83. The maximum atomic E-state index is 12.1. The lowest BCUT2D eigenvalue weighted by Crippen LogP contribution is -2.24. The van der Waals surface area contributed by atoms with E-state index in [1.54, 1.807) is 18.5 Å². The van der Waals surface area contributed by atoms with Crippen LogP contribution in [0.5, 0.6) is 0 Å². The van der Waals surface area contributed by atoms with Crippen LogP contribution in [-0.2, 0) is 6.54 Å². The van der Waals surface area contributed by atoms with Crippen LogP contribution >= 0.6 is 0 Å². The minimum absolute atomic E-state index is 0.130. The van der Waals surface area contributed by atoms with E-state index < -0.39 is 0 Å². The van der Waals surface area contributed by atoms with Crippen LogP contribution in [0.15, 0.2) is 41.3 Å². The van der Waals surface area contributed by atoms with Crippen molar-refractivity contribution in [1.82, 2.24) is 10.3 Å². The summed E-state index contributed by atoms with van der Waals surface area (Å²) in [5.41, 5.74) is 1.61. The Morgan fingerprint density at radius 3 is 2.95 bits per heavy atom. The summed E-state index contributed by atoms with van der Waals surface area (Å²) in [6.07, 6.45) is 7.41. The Kier molecular flexibility index (Phi) is 3.67. The number of rotatable bonds is 4. The predicted molar refractivity (Wildman–Crippen MR) is 75.6 cm³/mol. The summed E-state index contributed by atoms with van der Waals surface area (Å²) in [6.45, 7) is 2.47. The average molecular weight is 271 g/mol. The van der Waals surface area contributed by atoms with Gasteiger partial charge in [0.25, 0.3) is 5.91 Å². The van der Waals surface area contributed by atoms with Crippen molar-refractivity contribution in [2.45, 2.75) is 19.4 Å². The first-order valence-electron chi connectivity index (χ1n) is 6.83. The second-order valence-corrected chi connectivity index (χ2v) is 4.89. The fourth-order valence-corrected chi connectivity index (χ4v) is 2.38. The second-order valence-electron chi connectivity index (χ2n) is 4.89. The Labute approximate surface area is 117 Å². The van der Waals surface area contributed by atoms with Gasteiger partial charge in [-0.15, -0.1) is 0 Å². The first-order valence-corrected chi connectivity index (χ1v) is 6.83. The summed E-state index contributed by atoms with van der Waals surface area (Å²) in [6, 6.07) is 5.53. The number of aromatic nitrogens is 1. The van der Waals surface area contributed by atoms with Gasteiger partial charge < -0.3 is 14.6 Å². The Morgan fingerprint density at radius 2 is 2.20 bits per heavy atom. The molecule has 1 N–H and O–H groups in total. The van der Waals surface area contributed by atoms with Crippen LogP contribution in [-0.4, -0.2) is 24.0 Å². The quantitative estimate of drug-likeness (QED) is 0.926. The summed E-state index contributed by atoms with van der Waals surface area (Å²) < 4.78 is 5.19. The topological polar surface area (TPSA) is 58.4 Å². The van der Waals surface area contributed by atoms with Crippen molar-refractivity contribution in [3.8, 4) is 0 Å². The van der Waals surface area contributed by atoms with Gasteiger partial charge in [-0.2, -0.15) is 0 Å². The largest absolute Gasteiger partial charge is 0.467 e. The zero-order chi connectivity index (χ0) is 13.8. The lowest BCUT2D eigenvalue weighted by molar-refractivity contribution is 0.0947. The van der Waals surface area contributed by atoms with E-state index in [9.17, 15) is 4.79 Å². The van der Waals surface area contributed by atoms with Crippen molar-refractivity contribution in [2.24, 2.45) is 0 Å². The normalized spacial score (nSPS) is 14.5. The molecule has 1 amide bonds. The van der Waals surface area contributed by atoms with Crippen molar-refractivity contribution in [3.05, 3.63) is 48.2 Å². The Balaban J connectivity index is 1.66. The third-order valence-electron chi connectivity index (χ3n) is 3.46. The smallest absolute Gasteiger partial charge is 0.253 e. The van der Waals surface area contributed by atoms with Crippen LogP contribution in [0.2, 0.25) is 0 Å². The molecule has 1 aliphatic rings. The first kappa shape index (κ1) is 12.7. The molecular formula is C15H17N3O2. The average Bonchev–Trinajstić information content (AvgIpc) is 3.18. The lowest BCUT2D eigenvalue weighted by atomic mass is 10.2. The third kappa shape index (κ3) is 2.82. The number of nitrogens with one attached hydrogen (secondary N) is 1. The molecule has 2 aromatic heterocycles. The van der Waals surface area contributed by atoms with E-state index in [0.29, 0.717) is 12.1 Å². The molecule has 0 aliphatic carbocycles. The molecule has 20 heavy (non-hydrogen) atoms. The SMILES string of the molecule is O=C(NCc1ccco1)c1cncc(N2CCCC2)c1. The molecule has 2 aromatic rings. The summed E-state index contributed by atoms with van der Waals surface area (Å²) >= 11 is 0. The number of carbonyl (C=O) groups excluding carboxylic acids is 1. The number of hydrogen-bond acceptors (Lipinski definition) is 4. The van der Waals surface area contributed by atoms with Gasteiger partial charge >= 0.3 is 0 Å². The van der Waals surface area contributed by atoms with Crippen LogP contribution in [0.25, 0.3) is 0 Å². The van der Waals surface area contributed by atoms with Gasteiger partial charge in [0, 0.05) is 19.3 Å². The highest BCUT2D eigenvalue weighted by atomic mass is 16.3. The molecule has 0 spiro atoms. The highest BCUT2D eigenvalue weighted by molar-refractivity contribution is 5.94. The number of nitrogens with zero attached hydrogens (tertiary/aromatic N) is 2. The highest BCUT2D eigenvalue weighted by Gasteiger charge is 2.14. The molecule has 0 radical (unpaired) electrons. The minimum Gasteiger partial charge on any atom is -0.467 e. The van der Waals surface area contributed by atoms with Gasteiger partial charge in [-0.25, -0.2) is 0 Å². The van der Waals surface area contributed by atoms with E-state index in [1.165, 1.54) is 12.8 Å². The van der Waals surface area contributed by atoms with E-state index >= 15 is 0 Å². The molecule has 5 nitrogen and oxygen atoms in total. The molecular weight excluding hydrogens is 254 g/mol. The van der Waals surface area contributed by atoms with E-state index in [0.717, 1.165) is 24.5 Å². The van der Waals surface area contributed by atoms with Gasteiger partial charge in [0.15, 0.2) is 0 Å². The molecule has 0 atom stereocenters. The van der Waals surface area contributed by atoms with Gasteiger partial charge in [0.05, 0.1) is 30.3 Å². The Morgan fingerprint density at radius 1 is 1.35 bits per heavy atom. The Bertz CT molecular complexity index is 575. The maximum absolute atomic E-state index is 12.1. The number of anilines is 1. The van der Waals surface area contributed by atoms with Gasteiger partial charge in [-0.1, -0.05) is 0 Å². The van der Waals surface area contributed by atoms with Crippen molar-refractivity contribution >= 4 is 11.6 Å². The van der Waals surface area contributed by atoms with E-state index in [2.05, 4.69) is 15.2 Å². The monoisotopic (exact) mass is 271 g/mol. The van der Waals surface area contributed by atoms with E-state index in [4.69, 9.17) is 4.42 Å². The zero-order valence-corrected chi connectivity index (χ0v) is 11.2. The molecule has 0 aromatic carbocycles. The number of hydrogen-bond donors (Lipinski definition) is 1. The van der Waals surface area contributed by atoms with Crippen LogP contribution in [0.1, 0.15) is 29.0 Å². The zero-order valence-electron chi connectivity index (χ0n) is 11.2. The fourth-order valence-electron chi connectivity index (χ4n) is 2.38. The second kappa shape index (κ2) is 5.77. The highest BCUT2D eigenvalue weighted by Crippen LogP contribution is 2.19. The summed E-state index contributed by atoms with van der Waals surface area (Å²) in [5, 5.41) is 2.83. The Hall–Kier alpha value is -2.30. The number of furan rings is 1. The van der Waals surface area contributed by atoms with Crippen LogP contribution in [0, 0.1) is 0 Å². The van der Waals surface area contributed by atoms with Crippen molar-refractivity contribution in [3.63, 3.8) is 0 Å².